The lowest BCUT2D eigenvalue weighted by molar-refractivity contribution is 0.00974. The van der Waals surface area contributed by atoms with E-state index in [-0.39, 0.29) is 17.6 Å². The maximum atomic E-state index is 11.9. The average molecular weight is 378 g/mol. The largest absolute Gasteiger partial charge is 0.369 e. The van der Waals surface area contributed by atoms with Gasteiger partial charge in [0.25, 0.3) is 0 Å². The van der Waals surface area contributed by atoms with E-state index in [1.54, 1.807) is 6.92 Å². The molecule has 1 aliphatic heterocycles. The predicted octanol–water partition coefficient (Wildman–Crippen LogP) is 2.03. The van der Waals surface area contributed by atoms with Gasteiger partial charge in [-0.2, -0.15) is 0 Å². The highest BCUT2D eigenvalue weighted by molar-refractivity contribution is 7.91. The van der Waals surface area contributed by atoms with E-state index in [1.807, 2.05) is 31.2 Å². The van der Waals surface area contributed by atoms with Crippen LogP contribution in [0.4, 0.5) is 0 Å². The fraction of sp³-hybridized carbons (Fsp3) is 0.526. The van der Waals surface area contributed by atoms with Crippen LogP contribution in [0.2, 0.25) is 0 Å². The minimum atomic E-state index is -2.97. The molecule has 0 amide bonds. The molecule has 3 rings (SSSR count). The zero-order valence-corrected chi connectivity index (χ0v) is 16.3. The first-order chi connectivity index (χ1) is 12.4. The van der Waals surface area contributed by atoms with Gasteiger partial charge >= 0.3 is 0 Å². The molecule has 0 N–H and O–H groups in total. The van der Waals surface area contributed by atoms with Crippen LogP contribution in [0, 0.1) is 6.92 Å². The summed E-state index contributed by atoms with van der Waals surface area (Å²) in [7, 11) is -2.97. The maximum Gasteiger partial charge on any atom is 0.151 e. The van der Waals surface area contributed by atoms with Gasteiger partial charge in [-0.15, -0.1) is 0 Å². The summed E-state index contributed by atoms with van der Waals surface area (Å²) < 4.78 is 32.1. The number of aryl methyl sites for hydroxylation is 1. The minimum absolute atomic E-state index is 0.00436. The van der Waals surface area contributed by atoms with E-state index in [0.29, 0.717) is 19.7 Å². The number of rotatable bonds is 7. The van der Waals surface area contributed by atoms with E-state index >= 15 is 0 Å². The summed E-state index contributed by atoms with van der Waals surface area (Å²) in [6.45, 7) is 6.89. The number of hydrogen-bond acceptors (Lipinski definition) is 5. The number of sulfone groups is 1. The maximum absolute atomic E-state index is 11.9. The Balaban J connectivity index is 1.67. The Bertz CT molecular complexity index is 832. The van der Waals surface area contributed by atoms with Gasteiger partial charge in [0, 0.05) is 49.5 Å². The second kappa shape index (κ2) is 8.33. The van der Waals surface area contributed by atoms with Crippen molar-refractivity contribution in [3.05, 3.63) is 53.6 Å². The van der Waals surface area contributed by atoms with Gasteiger partial charge in [0.05, 0.1) is 24.2 Å². The van der Waals surface area contributed by atoms with Crippen molar-refractivity contribution in [1.29, 1.82) is 0 Å². The van der Waals surface area contributed by atoms with Crippen molar-refractivity contribution in [2.24, 2.45) is 0 Å². The van der Waals surface area contributed by atoms with Crippen molar-refractivity contribution in [2.45, 2.75) is 39.6 Å². The van der Waals surface area contributed by atoms with Crippen molar-refractivity contribution in [2.75, 3.05) is 24.6 Å². The summed E-state index contributed by atoms with van der Waals surface area (Å²) in [5, 5.41) is 0. The molecule has 2 aromatic rings. The third kappa shape index (κ3) is 5.16. The summed E-state index contributed by atoms with van der Waals surface area (Å²) >= 11 is 0. The van der Waals surface area contributed by atoms with Crippen molar-refractivity contribution in [3.63, 3.8) is 0 Å². The van der Waals surface area contributed by atoms with E-state index < -0.39 is 9.84 Å². The molecule has 0 saturated carbocycles. The quantitative estimate of drug-likeness (QED) is 0.739. The van der Waals surface area contributed by atoms with Gasteiger partial charge < -0.3 is 9.30 Å². The summed E-state index contributed by atoms with van der Waals surface area (Å²) in [6, 6.07) is 10.0. The van der Waals surface area contributed by atoms with E-state index in [2.05, 4.69) is 26.7 Å². The van der Waals surface area contributed by atoms with Gasteiger partial charge in [0.1, 0.15) is 0 Å². The number of fused-ring (bicyclic) bond motifs is 1. The smallest absolute Gasteiger partial charge is 0.151 e. The standard InChI is InChI=1S/C19H27N3O3S/c1-3-26(23,24)11-10-21-12-18-8-5-9-22(18)14-19(13-21)25-15-17-7-4-6-16(2)20-17/h4-9,19H,3,10-15H2,1-2H3/t19-/m0/s1. The predicted molar refractivity (Wildman–Crippen MR) is 102 cm³/mol. The molecule has 1 aliphatic rings. The first-order valence-electron chi connectivity index (χ1n) is 9.06. The van der Waals surface area contributed by atoms with E-state index in [1.165, 1.54) is 5.69 Å². The van der Waals surface area contributed by atoms with Gasteiger partial charge in [-0.25, -0.2) is 8.42 Å². The second-order valence-corrected chi connectivity index (χ2v) is 9.30. The topological polar surface area (TPSA) is 64.4 Å². The molecular formula is C19H27N3O3S. The Morgan fingerprint density at radius 1 is 1.23 bits per heavy atom. The number of pyridine rings is 1. The molecule has 3 heterocycles. The second-order valence-electron chi connectivity index (χ2n) is 6.83. The lowest BCUT2D eigenvalue weighted by Gasteiger charge is -2.24. The van der Waals surface area contributed by atoms with Crippen molar-refractivity contribution in [1.82, 2.24) is 14.5 Å². The Hall–Kier alpha value is -1.70. The van der Waals surface area contributed by atoms with Crippen LogP contribution in [0.15, 0.2) is 36.5 Å². The molecule has 0 aliphatic carbocycles. The molecule has 1 atom stereocenters. The highest BCUT2D eigenvalue weighted by Gasteiger charge is 2.23. The van der Waals surface area contributed by atoms with Crippen molar-refractivity contribution < 1.29 is 13.2 Å². The molecule has 0 bridgehead atoms. The van der Waals surface area contributed by atoms with Crippen LogP contribution in [-0.2, 0) is 34.3 Å². The monoisotopic (exact) mass is 377 g/mol. The minimum Gasteiger partial charge on any atom is -0.369 e. The van der Waals surface area contributed by atoms with Gasteiger partial charge in [-0.1, -0.05) is 13.0 Å². The molecular weight excluding hydrogens is 350 g/mol. The fourth-order valence-corrected chi connectivity index (χ4v) is 4.03. The zero-order valence-electron chi connectivity index (χ0n) is 15.5. The zero-order chi connectivity index (χ0) is 18.6. The molecule has 7 heteroatoms. The van der Waals surface area contributed by atoms with Gasteiger partial charge in [-0.05, 0) is 31.2 Å². The van der Waals surface area contributed by atoms with Gasteiger partial charge in [0.15, 0.2) is 9.84 Å². The Kier molecular flexibility index (Phi) is 6.11. The van der Waals surface area contributed by atoms with Crippen LogP contribution in [0.3, 0.4) is 0 Å². The Labute approximate surface area is 155 Å². The summed E-state index contributed by atoms with van der Waals surface area (Å²) in [6.07, 6.45) is 2.05. The molecule has 2 aromatic heterocycles. The third-order valence-electron chi connectivity index (χ3n) is 4.74. The first-order valence-corrected chi connectivity index (χ1v) is 10.9. The van der Waals surface area contributed by atoms with Crippen LogP contribution in [0.5, 0.6) is 0 Å². The van der Waals surface area contributed by atoms with Crippen LogP contribution in [0.1, 0.15) is 24.0 Å². The van der Waals surface area contributed by atoms with Crippen LogP contribution >= 0.6 is 0 Å². The molecule has 0 saturated heterocycles. The molecule has 0 spiro atoms. The lowest BCUT2D eigenvalue weighted by Crippen LogP contribution is -2.36. The number of ether oxygens (including phenoxy) is 1. The highest BCUT2D eigenvalue weighted by Crippen LogP contribution is 2.16. The molecule has 0 fully saturated rings. The van der Waals surface area contributed by atoms with Crippen LogP contribution in [-0.4, -0.2) is 53.6 Å². The average Bonchev–Trinajstić information content (AvgIpc) is 2.97. The lowest BCUT2D eigenvalue weighted by atomic mass is 10.3. The highest BCUT2D eigenvalue weighted by atomic mass is 32.2. The Morgan fingerprint density at radius 3 is 2.85 bits per heavy atom. The molecule has 0 unspecified atom stereocenters. The first kappa shape index (κ1) is 19.1. The van der Waals surface area contributed by atoms with Crippen molar-refractivity contribution in [3.8, 4) is 0 Å². The third-order valence-corrected chi connectivity index (χ3v) is 6.43. The number of nitrogens with zero attached hydrogens (tertiary/aromatic N) is 3. The summed E-state index contributed by atoms with van der Waals surface area (Å²) in [5.41, 5.74) is 3.09. The van der Waals surface area contributed by atoms with Crippen LogP contribution < -0.4 is 0 Å². The van der Waals surface area contributed by atoms with Gasteiger partial charge in [0.2, 0.25) is 0 Å². The molecule has 0 aromatic carbocycles. The number of aromatic nitrogens is 2. The van der Waals surface area contributed by atoms with Gasteiger partial charge in [-0.3, -0.25) is 9.88 Å². The molecule has 6 nitrogen and oxygen atoms in total. The summed E-state index contributed by atoms with van der Waals surface area (Å²) in [4.78, 5) is 6.67. The molecule has 0 radical (unpaired) electrons. The van der Waals surface area contributed by atoms with Crippen LogP contribution in [0.25, 0.3) is 0 Å². The SMILES string of the molecule is CCS(=O)(=O)CCN1Cc2cccn2C[C@@H](OCc2cccc(C)n2)C1. The van der Waals surface area contributed by atoms with Crippen molar-refractivity contribution >= 4 is 9.84 Å². The van der Waals surface area contributed by atoms with E-state index in [4.69, 9.17) is 4.74 Å². The molecule has 26 heavy (non-hydrogen) atoms. The van der Waals surface area contributed by atoms with E-state index in [0.717, 1.165) is 24.5 Å². The Morgan fingerprint density at radius 2 is 2.08 bits per heavy atom. The summed E-state index contributed by atoms with van der Waals surface area (Å²) in [5.74, 6) is 0.381. The van der Waals surface area contributed by atoms with E-state index in [9.17, 15) is 8.42 Å². The fourth-order valence-electron chi connectivity index (χ4n) is 3.20. The number of hydrogen-bond donors (Lipinski definition) is 0. The molecule has 142 valence electrons. The normalized spacial score (nSPS) is 18.5.